The highest BCUT2D eigenvalue weighted by Crippen LogP contribution is 2.25. The van der Waals surface area contributed by atoms with Crippen LogP contribution in [-0.2, 0) is 11.2 Å². The second kappa shape index (κ2) is 7.12. The van der Waals surface area contributed by atoms with Crippen LogP contribution in [0.25, 0.3) is 0 Å². The summed E-state index contributed by atoms with van der Waals surface area (Å²) in [5, 5.41) is 5.03. The van der Waals surface area contributed by atoms with Crippen LogP contribution in [0, 0.1) is 0 Å². The highest BCUT2D eigenvalue weighted by Gasteiger charge is 2.34. The number of carbonyl (C=O) groups is 1. The van der Waals surface area contributed by atoms with Crippen LogP contribution in [-0.4, -0.2) is 18.0 Å². The molecule has 0 atom stereocenters. The van der Waals surface area contributed by atoms with Crippen LogP contribution in [0.5, 0.6) is 0 Å². The molecule has 2 rings (SSSR count). The van der Waals surface area contributed by atoms with Gasteiger partial charge in [-0.25, -0.2) is 0 Å². The maximum absolute atomic E-state index is 12.0. The van der Waals surface area contributed by atoms with Gasteiger partial charge in [0.25, 0.3) is 0 Å². The van der Waals surface area contributed by atoms with Gasteiger partial charge in [0.2, 0.25) is 5.91 Å². The molecule has 0 aromatic carbocycles. The molecule has 1 aliphatic rings. The smallest absolute Gasteiger partial charge is 0.240 e. The molecule has 1 aromatic heterocycles. The molecule has 1 aliphatic carbocycles. The van der Waals surface area contributed by atoms with Gasteiger partial charge in [0, 0.05) is 11.4 Å². The molecule has 102 valence electrons. The van der Waals surface area contributed by atoms with Gasteiger partial charge >= 0.3 is 0 Å². The van der Waals surface area contributed by atoms with E-state index in [1.54, 1.807) is 11.3 Å². The van der Waals surface area contributed by atoms with E-state index in [0.717, 1.165) is 32.1 Å². The van der Waals surface area contributed by atoms with Crippen molar-refractivity contribution in [3.05, 3.63) is 22.4 Å². The van der Waals surface area contributed by atoms with E-state index in [1.165, 1.54) is 11.3 Å². The van der Waals surface area contributed by atoms with Crippen molar-refractivity contribution in [2.75, 3.05) is 6.54 Å². The molecular formula is C13H21ClN2OS. The number of hydrogen-bond donors (Lipinski definition) is 2. The molecule has 0 unspecified atom stereocenters. The Kier molecular flexibility index (Phi) is 6.12. The van der Waals surface area contributed by atoms with Gasteiger partial charge in [-0.15, -0.1) is 23.7 Å². The summed E-state index contributed by atoms with van der Waals surface area (Å²) in [5.74, 6) is 0.0359. The summed E-state index contributed by atoms with van der Waals surface area (Å²) < 4.78 is 0. The van der Waals surface area contributed by atoms with Crippen molar-refractivity contribution in [3.63, 3.8) is 0 Å². The van der Waals surface area contributed by atoms with Gasteiger partial charge in [-0.3, -0.25) is 4.79 Å². The summed E-state index contributed by atoms with van der Waals surface area (Å²) in [5.41, 5.74) is 5.55. The van der Waals surface area contributed by atoms with E-state index < -0.39 is 5.54 Å². The van der Waals surface area contributed by atoms with Crippen LogP contribution in [0.15, 0.2) is 17.5 Å². The van der Waals surface area contributed by atoms with Gasteiger partial charge in [-0.05, 0) is 30.7 Å². The first kappa shape index (κ1) is 15.5. The Labute approximate surface area is 119 Å². The maximum Gasteiger partial charge on any atom is 0.240 e. The first-order chi connectivity index (χ1) is 8.21. The van der Waals surface area contributed by atoms with Gasteiger partial charge in [0.05, 0.1) is 5.54 Å². The molecule has 1 aromatic rings. The molecule has 3 N–H and O–H groups in total. The fraction of sp³-hybridized carbons (Fsp3) is 0.615. The number of halogens is 1. The van der Waals surface area contributed by atoms with Crippen LogP contribution >= 0.6 is 23.7 Å². The lowest BCUT2D eigenvalue weighted by Crippen LogP contribution is -2.55. The van der Waals surface area contributed by atoms with Gasteiger partial charge < -0.3 is 11.1 Å². The van der Waals surface area contributed by atoms with Gasteiger partial charge in [0.15, 0.2) is 0 Å². The second-order valence-corrected chi connectivity index (χ2v) is 5.83. The van der Waals surface area contributed by atoms with Crippen LogP contribution in [0.4, 0.5) is 0 Å². The third kappa shape index (κ3) is 3.97. The lowest BCUT2D eigenvalue weighted by Gasteiger charge is -2.31. The van der Waals surface area contributed by atoms with Crippen molar-refractivity contribution < 1.29 is 4.79 Å². The van der Waals surface area contributed by atoms with Crippen LogP contribution in [0.3, 0.4) is 0 Å². The number of amides is 1. The molecule has 0 aliphatic heterocycles. The number of nitrogens with two attached hydrogens (primary N) is 1. The third-order valence-corrected chi connectivity index (χ3v) is 4.37. The molecule has 1 amide bonds. The van der Waals surface area contributed by atoms with Gasteiger partial charge in [-0.1, -0.05) is 25.3 Å². The molecule has 18 heavy (non-hydrogen) atoms. The summed E-state index contributed by atoms with van der Waals surface area (Å²) in [6.45, 7) is 0.693. The molecule has 1 fully saturated rings. The minimum Gasteiger partial charge on any atom is -0.354 e. The average molecular weight is 289 g/mol. The van der Waals surface area contributed by atoms with E-state index in [0.29, 0.717) is 6.54 Å². The second-order valence-electron chi connectivity index (χ2n) is 4.80. The Morgan fingerprint density at radius 2 is 2.11 bits per heavy atom. The number of nitrogens with one attached hydrogen (secondary N) is 1. The van der Waals surface area contributed by atoms with Crippen molar-refractivity contribution in [2.24, 2.45) is 5.73 Å². The molecule has 5 heteroatoms. The van der Waals surface area contributed by atoms with Crippen molar-refractivity contribution in [1.29, 1.82) is 0 Å². The average Bonchev–Trinajstić information content (AvgIpc) is 2.83. The topological polar surface area (TPSA) is 55.1 Å². The molecule has 1 heterocycles. The van der Waals surface area contributed by atoms with E-state index in [4.69, 9.17) is 5.73 Å². The van der Waals surface area contributed by atoms with Crippen LogP contribution in [0.2, 0.25) is 0 Å². The number of thiophene rings is 1. The normalized spacial score (nSPS) is 17.8. The molecule has 0 radical (unpaired) electrons. The molecule has 0 saturated heterocycles. The van der Waals surface area contributed by atoms with E-state index >= 15 is 0 Å². The Hall–Kier alpha value is -0.580. The number of rotatable bonds is 4. The first-order valence-electron chi connectivity index (χ1n) is 6.30. The lowest BCUT2D eigenvalue weighted by molar-refractivity contribution is -0.127. The molecular weight excluding hydrogens is 268 g/mol. The SMILES string of the molecule is Cl.NC1(C(=O)NCCc2cccs2)CCCCC1. The highest BCUT2D eigenvalue weighted by atomic mass is 35.5. The Morgan fingerprint density at radius 1 is 1.39 bits per heavy atom. The Morgan fingerprint density at radius 3 is 2.72 bits per heavy atom. The fourth-order valence-electron chi connectivity index (χ4n) is 2.34. The minimum absolute atomic E-state index is 0. The number of hydrogen-bond acceptors (Lipinski definition) is 3. The predicted octanol–water partition coefficient (Wildman–Crippen LogP) is 2.49. The summed E-state index contributed by atoms with van der Waals surface area (Å²) in [6, 6.07) is 4.13. The first-order valence-corrected chi connectivity index (χ1v) is 7.18. The largest absolute Gasteiger partial charge is 0.354 e. The van der Waals surface area contributed by atoms with Crippen LogP contribution in [0.1, 0.15) is 37.0 Å². The Bertz CT molecular complexity index is 361. The highest BCUT2D eigenvalue weighted by molar-refractivity contribution is 7.09. The molecule has 0 bridgehead atoms. The summed E-state index contributed by atoms with van der Waals surface area (Å²) in [7, 11) is 0. The zero-order valence-corrected chi connectivity index (χ0v) is 12.1. The van der Waals surface area contributed by atoms with Crippen molar-refractivity contribution in [1.82, 2.24) is 5.32 Å². The summed E-state index contributed by atoms with van der Waals surface area (Å²) in [4.78, 5) is 13.3. The van der Waals surface area contributed by atoms with E-state index in [-0.39, 0.29) is 18.3 Å². The van der Waals surface area contributed by atoms with E-state index in [9.17, 15) is 4.79 Å². The van der Waals surface area contributed by atoms with E-state index in [2.05, 4.69) is 16.8 Å². The van der Waals surface area contributed by atoms with Gasteiger partial charge in [-0.2, -0.15) is 0 Å². The predicted molar refractivity (Wildman–Crippen MR) is 78.3 cm³/mol. The molecule has 3 nitrogen and oxygen atoms in total. The molecule has 0 spiro atoms. The molecule has 1 saturated carbocycles. The van der Waals surface area contributed by atoms with Crippen LogP contribution < -0.4 is 11.1 Å². The minimum atomic E-state index is -0.603. The zero-order chi connectivity index (χ0) is 12.1. The van der Waals surface area contributed by atoms with Crippen molar-refractivity contribution in [2.45, 2.75) is 44.1 Å². The summed E-state index contributed by atoms with van der Waals surface area (Å²) >= 11 is 1.73. The van der Waals surface area contributed by atoms with Gasteiger partial charge in [0.1, 0.15) is 0 Å². The summed E-state index contributed by atoms with van der Waals surface area (Å²) in [6.07, 6.45) is 5.93. The lowest BCUT2D eigenvalue weighted by atomic mass is 9.82. The number of carbonyl (C=O) groups excluding carboxylic acids is 1. The fourth-order valence-corrected chi connectivity index (χ4v) is 3.05. The van der Waals surface area contributed by atoms with E-state index in [1.807, 2.05) is 6.07 Å². The maximum atomic E-state index is 12.0. The third-order valence-electron chi connectivity index (χ3n) is 3.44. The van der Waals surface area contributed by atoms with Crippen molar-refractivity contribution >= 4 is 29.7 Å². The zero-order valence-electron chi connectivity index (χ0n) is 10.5. The monoisotopic (exact) mass is 288 g/mol. The standard InChI is InChI=1S/C13H20N2OS.ClH/c14-13(7-2-1-3-8-13)12(16)15-9-6-11-5-4-10-17-11;/h4-5,10H,1-3,6-9,14H2,(H,15,16);1H. The Balaban J connectivity index is 0.00000162. The quantitative estimate of drug-likeness (QED) is 0.894. The van der Waals surface area contributed by atoms with Crippen molar-refractivity contribution in [3.8, 4) is 0 Å².